The second kappa shape index (κ2) is 24.5. The molecule has 5 aliphatic carbocycles. The summed E-state index contributed by atoms with van der Waals surface area (Å²) in [5.41, 5.74) is -5.00. The van der Waals surface area contributed by atoms with E-state index >= 15 is 0 Å². The molecular weight excluding hydrogens is 1190 g/mol. The molecular formula is C59H96O30. The Kier molecular flexibility index (Phi) is 18.9. The van der Waals surface area contributed by atoms with Gasteiger partial charge >= 0.3 is 5.97 Å². The average Bonchev–Trinajstić information content (AvgIpc) is 1.62. The van der Waals surface area contributed by atoms with E-state index < -0.39 is 242 Å². The van der Waals surface area contributed by atoms with Gasteiger partial charge in [-0.15, -0.1) is 0 Å². The number of aliphatic hydroxyl groups excluding tert-OH is 17. The van der Waals surface area contributed by atoms with E-state index in [-0.39, 0.29) is 30.6 Å². The van der Waals surface area contributed by atoms with Gasteiger partial charge in [-0.1, -0.05) is 41.5 Å². The molecule has 512 valence electrons. The van der Waals surface area contributed by atoms with Crippen molar-refractivity contribution >= 4 is 5.97 Å². The Balaban J connectivity index is 0.912. The van der Waals surface area contributed by atoms with Crippen molar-refractivity contribution in [2.75, 3.05) is 13.2 Å². The van der Waals surface area contributed by atoms with Gasteiger partial charge in [0.2, 0.25) is 0 Å². The van der Waals surface area contributed by atoms with Gasteiger partial charge in [-0.3, -0.25) is 0 Å². The molecule has 6 heterocycles. The number of hydrogen-bond donors (Lipinski definition) is 18. The van der Waals surface area contributed by atoms with E-state index in [0.717, 1.165) is 0 Å². The van der Waals surface area contributed by atoms with Gasteiger partial charge in [0.1, 0.15) is 104 Å². The quantitative estimate of drug-likeness (QED) is 0.0765. The van der Waals surface area contributed by atoms with Gasteiger partial charge in [0.05, 0.1) is 60.9 Å². The number of fused-ring (bicyclic) bond motifs is 4. The van der Waals surface area contributed by atoms with E-state index in [1.54, 1.807) is 0 Å². The molecule has 0 aromatic heterocycles. The summed E-state index contributed by atoms with van der Waals surface area (Å²) >= 11 is 0. The van der Waals surface area contributed by atoms with Gasteiger partial charge < -0.3 is 144 Å². The lowest BCUT2D eigenvalue weighted by Crippen LogP contribution is -2.76. The summed E-state index contributed by atoms with van der Waals surface area (Å²) in [5, 5.41) is 202. The summed E-state index contributed by atoms with van der Waals surface area (Å²) in [6.07, 6.45) is -50.2. The summed E-state index contributed by atoms with van der Waals surface area (Å²) in [6.45, 7) is 13.2. The summed E-state index contributed by atoms with van der Waals surface area (Å²) < 4.78 is 68.4. The molecule has 5 saturated carbocycles. The molecule has 18 unspecified atom stereocenters. The molecule has 0 aromatic rings. The minimum absolute atomic E-state index is 0.0165. The molecule has 6 saturated heterocycles. The predicted octanol–water partition coefficient (Wildman–Crippen LogP) is -5.51. The predicted molar refractivity (Wildman–Crippen MR) is 292 cm³/mol. The second-order valence-electron chi connectivity index (χ2n) is 29.1. The molecule has 0 aromatic carbocycles. The number of carbonyl (C=O) groups is 1. The fraction of sp³-hybridized carbons (Fsp3) is 0.983. The summed E-state index contributed by atoms with van der Waals surface area (Å²) in [7, 11) is 0. The van der Waals surface area contributed by atoms with E-state index in [0.29, 0.717) is 38.5 Å². The topological polar surface area (TPSA) is 483 Å². The number of aliphatic carboxylic acids is 1. The van der Waals surface area contributed by atoms with E-state index in [4.69, 9.17) is 52.1 Å². The normalized spacial score (nSPS) is 58.9. The largest absolute Gasteiger partial charge is 0.479 e. The molecule has 30 nitrogen and oxygen atoms in total. The molecule has 18 N–H and O–H groups in total. The van der Waals surface area contributed by atoms with Gasteiger partial charge in [0.25, 0.3) is 0 Å². The third-order valence-electron chi connectivity index (χ3n) is 24.6. The first-order valence-corrected chi connectivity index (χ1v) is 31.5. The smallest absolute Gasteiger partial charge is 0.335 e. The number of hydrogen-bond acceptors (Lipinski definition) is 29. The SMILES string of the molecule is CC1O[C@@H](OC2C(O)[C@@H](O)C(C)O[C@H]2OC2C(O)[C@@H](O)C(CO)O[C@H]2OC2C(O[C@@H]3OC(CO)[C@H](O)C(O)C3O)[C@H](O[C@H]3CC[C@@]4(C)C(CC[C@]5(C)C4CC[C@]46O[C@H](O)[C@]7(C4C[C@H](C)[C@@H](O)[C@@H]7O)[C@H](O)C[C@]65C)C3(C)C)OC(C(=O)O)[C@H]2O)C(O)C(O)[C@H]1O. The Morgan fingerprint density at radius 3 is 1.60 bits per heavy atom. The first-order chi connectivity index (χ1) is 41.6. The summed E-state index contributed by atoms with van der Waals surface area (Å²) in [6, 6.07) is 0. The Morgan fingerprint density at radius 1 is 0.483 bits per heavy atom. The Bertz CT molecular complexity index is 2500. The zero-order valence-electron chi connectivity index (χ0n) is 51.1. The van der Waals surface area contributed by atoms with Crippen LogP contribution in [0.2, 0.25) is 0 Å². The monoisotopic (exact) mass is 1280 g/mol. The molecule has 6 aliphatic heterocycles. The first-order valence-electron chi connectivity index (χ1n) is 31.5. The highest BCUT2D eigenvalue weighted by Crippen LogP contribution is 2.81. The number of carboxylic acids is 1. The highest BCUT2D eigenvalue weighted by Gasteiger charge is 2.84. The maximum Gasteiger partial charge on any atom is 0.335 e. The van der Waals surface area contributed by atoms with Gasteiger partial charge in [0, 0.05) is 11.3 Å². The fourth-order valence-electron chi connectivity index (χ4n) is 19.4. The van der Waals surface area contributed by atoms with Gasteiger partial charge in [0.15, 0.2) is 43.8 Å². The van der Waals surface area contributed by atoms with Crippen LogP contribution < -0.4 is 0 Å². The minimum atomic E-state index is -2.34. The average molecular weight is 1290 g/mol. The second-order valence-corrected chi connectivity index (χ2v) is 29.1. The number of ether oxygens (including phenoxy) is 11. The van der Waals surface area contributed by atoms with Crippen LogP contribution in [0.5, 0.6) is 0 Å². The van der Waals surface area contributed by atoms with Crippen molar-refractivity contribution in [3.63, 3.8) is 0 Å². The number of aliphatic hydroxyl groups is 17. The molecule has 11 aliphatic rings. The molecule has 30 heteroatoms. The van der Waals surface area contributed by atoms with Crippen molar-refractivity contribution in [3.05, 3.63) is 0 Å². The van der Waals surface area contributed by atoms with Crippen molar-refractivity contribution in [2.45, 2.75) is 297 Å². The minimum Gasteiger partial charge on any atom is -0.479 e. The zero-order valence-corrected chi connectivity index (χ0v) is 51.1. The maximum absolute atomic E-state index is 13.4. The van der Waals surface area contributed by atoms with Crippen LogP contribution in [0.3, 0.4) is 0 Å². The van der Waals surface area contributed by atoms with Crippen LogP contribution in [0.4, 0.5) is 0 Å². The molecule has 39 atom stereocenters. The van der Waals surface area contributed by atoms with Crippen molar-refractivity contribution in [1.82, 2.24) is 0 Å². The summed E-state index contributed by atoms with van der Waals surface area (Å²) in [5.74, 6) is -2.74. The van der Waals surface area contributed by atoms with Crippen molar-refractivity contribution in [1.29, 1.82) is 0 Å². The van der Waals surface area contributed by atoms with Crippen LogP contribution in [0, 0.1) is 50.7 Å². The van der Waals surface area contributed by atoms with Crippen molar-refractivity contribution in [2.24, 2.45) is 50.7 Å². The first kappa shape index (κ1) is 68.7. The van der Waals surface area contributed by atoms with E-state index in [1.165, 1.54) is 13.8 Å². The Labute approximate surface area is 514 Å². The molecule has 11 rings (SSSR count). The van der Waals surface area contributed by atoms with E-state index in [1.807, 2.05) is 20.8 Å². The van der Waals surface area contributed by atoms with Crippen LogP contribution in [0.1, 0.15) is 107 Å². The van der Waals surface area contributed by atoms with Gasteiger partial charge in [-0.05, 0) is 99.2 Å². The van der Waals surface area contributed by atoms with Crippen LogP contribution in [-0.4, -0.2) is 301 Å². The lowest BCUT2D eigenvalue weighted by Gasteiger charge is -2.75. The van der Waals surface area contributed by atoms with Crippen LogP contribution in [0.15, 0.2) is 0 Å². The van der Waals surface area contributed by atoms with Crippen LogP contribution in [0.25, 0.3) is 0 Å². The third kappa shape index (κ3) is 10.3. The lowest BCUT2D eigenvalue weighted by atomic mass is 9.30. The molecule has 11 fully saturated rings. The molecule has 0 amide bonds. The summed E-state index contributed by atoms with van der Waals surface area (Å²) in [4.78, 5) is 13.4. The van der Waals surface area contributed by atoms with E-state index in [2.05, 4.69) is 20.8 Å². The highest BCUT2D eigenvalue weighted by molar-refractivity contribution is 5.73. The number of carboxylic acid groups (broad SMARTS) is 1. The van der Waals surface area contributed by atoms with Crippen LogP contribution >= 0.6 is 0 Å². The third-order valence-corrected chi connectivity index (χ3v) is 24.6. The van der Waals surface area contributed by atoms with Crippen molar-refractivity contribution in [3.8, 4) is 0 Å². The highest BCUT2D eigenvalue weighted by atomic mass is 16.8. The zero-order chi connectivity index (χ0) is 65.1. The standard InChI is InChI=1S/C59H96O30/c1-19-15-26-58-14-10-25-55(6)12-11-28(54(4,5)24(55)9-13-56(25,7)57(58,8)16-27(62)59(26,53(78)89-58)46(75)29(19)63)83-52-45(88-49-39(73)35(69)32(66)22(17-60)81-49)41(40(74)42(85-52)47(76)77)84-51-44(37(71)33(67)23(18-61)82-51)87-50-43(36(70)31(65)21(3)80-50)86-48-38(72)34(68)30(64)20(2)79-48/h19-46,48-53,60-75,78H,9-18H2,1-8H3,(H,76,77)/t19-,20?,21?,22?,23?,24?,25?,26?,27+,28-,29+,30-,31-,32-,33-,34?,35?,36?,37?,38?,39?,40-,41?,42?,43?,44?,45?,46-,48-,49-,50-,51-,52+,53-,55-,56+,57-,58-,59+/m0/s1. The molecule has 0 radical (unpaired) electrons. The maximum atomic E-state index is 13.4. The Morgan fingerprint density at radius 2 is 0.978 bits per heavy atom. The molecule has 1 spiro atoms. The number of rotatable bonds is 13. The molecule has 2 bridgehead atoms. The van der Waals surface area contributed by atoms with Gasteiger partial charge in [-0.25, -0.2) is 4.79 Å². The van der Waals surface area contributed by atoms with E-state index in [9.17, 15) is 96.7 Å². The lowest BCUT2D eigenvalue weighted by molar-refractivity contribution is -0.412. The van der Waals surface area contributed by atoms with Crippen LogP contribution in [-0.2, 0) is 56.9 Å². The molecule has 89 heavy (non-hydrogen) atoms. The van der Waals surface area contributed by atoms with Gasteiger partial charge in [-0.2, -0.15) is 0 Å². The fourth-order valence-corrected chi connectivity index (χ4v) is 19.4. The van der Waals surface area contributed by atoms with Crippen molar-refractivity contribution < 1.29 is 149 Å². The Hall–Kier alpha value is -1.65.